The fourth-order valence-electron chi connectivity index (χ4n) is 7.82. The van der Waals surface area contributed by atoms with Gasteiger partial charge in [-0.2, -0.15) is 0 Å². The molecule has 0 atom stereocenters. The predicted octanol–water partition coefficient (Wildman–Crippen LogP) is 14.9. The maximum Gasteiger partial charge on any atom is 0.143 e. The van der Waals surface area contributed by atoms with Crippen LogP contribution < -0.4 is 4.90 Å². The first kappa shape index (κ1) is 31.6. The predicted molar refractivity (Wildman–Crippen MR) is 228 cm³/mol. The fraction of sp³-hybridized carbons (Fsp3) is 0. The molecule has 10 rings (SSSR count). The second-order valence-electron chi connectivity index (χ2n) is 13.7. The summed E-state index contributed by atoms with van der Waals surface area (Å²) < 4.78 is 6.71. The van der Waals surface area contributed by atoms with Crippen molar-refractivity contribution in [3.63, 3.8) is 0 Å². The van der Waals surface area contributed by atoms with Crippen LogP contribution in [0.25, 0.3) is 77.2 Å². The van der Waals surface area contributed by atoms with Gasteiger partial charge in [0.15, 0.2) is 0 Å². The highest BCUT2D eigenvalue weighted by molar-refractivity contribution is 6.17. The molecule has 0 N–H and O–H groups in total. The summed E-state index contributed by atoms with van der Waals surface area (Å²) in [5, 5.41) is 4.58. The molecule has 0 saturated heterocycles. The number of para-hydroxylation sites is 1. The van der Waals surface area contributed by atoms with Crippen molar-refractivity contribution < 1.29 is 4.42 Å². The number of anilines is 3. The fourth-order valence-corrected chi connectivity index (χ4v) is 7.82. The first-order valence-electron chi connectivity index (χ1n) is 18.4. The molecule has 0 aliphatic carbocycles. The Labute approximate surface area is 314 Å². The van der Waals surface area contributed by atoms with E-state index < -0.39 is 0 Å². The molecule has 0 bridgehead atoms. The van der Waals surface area contributed by atoms with Crippen LogP contribution in [0.3, 0.4) is 0 Å². The smallest absolute Gasteiger partial charge is 0.143 e. The van der Waals surface area contributed by atoms with Crippen molar-refractivity contribution >= 4 is 49.8 Å². The van der Waals surface area contributed by atoms with Crippen LogP contribution in [0.5, 0.6) is 0 Å². The van der Waals surface area contributed by atoms with Gasteiger partial charge in [-0.1, -0.05) is 170 Å². The number of benzene rings is 9. The Morgan fingerprint density at radius 1 is 0.278 bits per heavy atom. The van der Waals surface area contributed by atoms with E-state index in [1.807, 2.05) is 0 Å². The molecule has 0 spiro atoms. The van der Waals surface area contributed by atoms with Gasteiger partial charge in [-0.15, -0.1) is 0 Å². The molecule has 0 unspecified atom stereocenters. The van der Waals surface area contributed by atoms with Gasteiger partial charge >= 0.3 is 0 Å². The number of hydrogen-bond acceptors (Lipinski definition) is 2. The largest absolute Gasteiger partial charge is 0.455 e. The SMILES string of the molecule is c1ccc(-c2ccc(N(c3ccc(-c4cccc5c4oc4c6ccccc6ccc54)cc3)c3ccc(-c4ccccc4)c(-c4ccccc4)c3)cc2)cc1. The maximum absolute atomic E-state index is 6.71. The minimum atomic E-state index is 0.911. The molecule has 9 aromatic carbocycles. The molecule has 10 aromatic rings. The zero-order valence-corrected chi connectivity index (χ0v) is 29.6. The molecule has 1 heterocycles. The molecule has 0 aliphatic heterocycles. The summed E-state index contributed by atoms with van der Waals surface area (Å²) >= 11 is 0. The Hall–Kier alpha value is -7.16. The van der Waals surface area contributed by atoms with Gasteiger partial charge in [-0.05, 0) is 86.8 Å². The average molecular weight is 690 g/mol. The second-order valence-corrected chi connectivity index (χ2v) is 13.7. The van der Waals surface area contributed by atoms with Gasteiger partial charge in [-0.3, -0.25) is 0 Å². The molecule has 0 aliphatic rings. The van der Waals surface area contributed by atoms with Crippen molar-refractivity contribution in [2.24, 2.45) is 0 Å². The Morgan fingerprint density at radius 3 is 1.46 bits per heavy atom. The second kappa shape index (κ2) is 13.4. The lowest BCUT2D eigenvalue weighted by Gasteiger charge is -2.27. The van der Waals surface area contributed by atoms with Crippen molar-refractivity contribution in [3.8, 4) is 44.5 Å². The lowest BCUT2D eigenvalue weighted by molar-refractivity contribution is 0.674. The maximum atomic E-state index is 6.71. The Kier molecular flexibility index (Phi) is 7.85. The van der Waals surface area contributed by atoms with Crippen LogP contribution in [0.15, 0.2) is 217 Å². The van der Waals surface area contributed by atoms with E-state index in [1.54, 1.807) is 0 Å². The van der Waals surface area contributed by atoms with E-state index in [1.165, 1.54) is 38.8 Å². The van der Waals surface area contributed by atoms with E-state index in [0.29, 0.717) is 0 Å². The Bertz CT molecular complexity index is 2890. The molecule has 0 amide bonds. The zero-order chi connectivity index (χ0) is 35.8. The molecule has 254 valence electrons. The van der Waals surface area contributed by atoms with Crippen molar-refractivity contribution in [2.75, 3.05) is 4.90 Å². The average Bonchev–Trinajstić information content (AvgIpc) is 3.65. The minimum Gasteiger partial charge on any atom is -0.455 e. The van der Waals surface area contributed by atoms with Gasteiger partial charge in [0.05, 0.1) is 0 Å². The van der Waals surface area contributed by atoms with E-state index in [9.17, 15) is 0 Å². The lowest BCUT2D eigenvalue weighted by Crippen LogP contribution is -2.10. The van der Waals surface area contributed by atoms with Crippen LogP contribution in [-0.2, 0) is 0 Å². The van der Waals surface area contributed by atoms with Gasteiger partial charge < -0.3 is 9.32 Å². The summed E-state index contributed by atoms with van der Waals surface area (Å²) in [5.41, 5.74) is 14.4. The number of rotatable bonds is 7. The van der Waals surface area contributed by atoms with E-state index in [2.05, 4.69) is 217 Å². The summed E-state index contributed by atoms with van der Waals surface area (Å²) in [6, 6.07) is 75.8. The van der Waals surface area contributed by atoms with Gasteiger partial charge in [0.1, 0.15) is 11.2 Å². The molecule has 0 fully saturated rings. The third-order valence-electron chi connectivity index (χ3n) is 10.5. The summed E-state index contributed by atoms with van der Waals surface area (Å²) in [6.45, 7) is 0. The van der Waals surface area contributed by atoms with Crippen molar-refractivity contribution in [3.05, 3.63) is 212 Å². The third-order valence-corrected chi connectivity index (χ3v) is 10.5. The first-order chi connectivity index (χ1) is 26.8. The molecule has 2 nitrogen and oxygen atoms in total. The van der Waals surface area contributed by atoms with E-state index >= 15 is 0 Å². The van der Waals surface area contributed by atoms with Gasteiger partial charge in [0.2, 0.25) is 0 Å². The van der Waals surface area contributed by atoms with Crippen LogP contribution in [0.4, 0.5) is 17.1 Å². The third kappa shape index (κ3) is 5.62. The summed E-state index contributed by atoms with van der Waals surface area (Å²) in [6.07, 6.45) is 0. The normalized spacial score (nSPS) is 11.3. The topological polar surface area (TPSA) is 16.4 Å². The van der Waals surface area contributed by atoms with Crippen LogP contribution >= 0.6 is 0 Å². The summed E-state index contributed by atoms with van der Waals surface area (Å²) in [7, 11) is 0. The van der Waals surface area contributed by atoms with Crippen LogP contribution in [0, 0.1) is 0 Å². The van der Waals surface area contributed by atoms with Gasteiger partial charge in [-0.25, -0.2) is 0 Å². The molecular formula is C52H35NO. The van der Waals surface area contributed by atoms with Crippen molar-refractivity contribution in [1.82, 2.24) is 0 Å². The number of hydrogen-bond donors (Lipinski definition) is 0. The van der Waals surface area contributed by atoms with E-state index in [0.717, 1.165) is 55.5 Å². The van der Waals surface area contributed by atoms with Crippen molar-refractivity contribution in [1.29, 1.82) is 0 Å². The van der Waals surface area contributed by atoms with E-state index in [4.69, 9.17) is 4.42 Å². The number of nitrogens with zero attached hydrogens (tertiary/aromatic N) is 1. The van der Waals surface area contributed by atoms with Gasteiger partial charge in [0, 0.05) is 38.8 Å². The number of furan rings is 1. The highest BCUT2D eigenvalue weighted by atomic mass is 16.3. The molecule has 1 aromatic heterocycles. The molecule has 0 radical (unpaired) electrons. The molecule has 54 heavy (non-hydrogen) atoms. The molecule has 0 saturated carbocycles. The van der Waals surface area contributed by atoms with Crippen LogP contribution in [0.1, 0.15) is 0 Å². The minimum absolute atomic E-state index is 0.911. The quantitative estimate of drug-likeness (QED) is 0.166. The molecule has 2 heteroatoms. The standard InChI is InChI=1S/C52H35NO/c1-4-13-36(14-5-1)37-23-28-42(29-24-37)53(44-32-34-45(38-15-6-2-7-16-38)50(35-44)39-17-8-3-9-18-39)43-30-25-41(26-31-43)47-21-12-22-48-49-33-27-40-19-10-11-20-46(40)52(49)54-51(47)48/h1-35H. The zero-order valence-electron chi connectivity index (χ0n) is 29.6. The van der Waals surface area contributed by atoms with Gasteiger partial charge in [0.25, 0.3) is 0 Å². The lowest BCUT2D eigenvalue weighted by atomic mass is 9.93. The highest BCUT2D eigenvalue weighted by Gasteiger charge is 2.18. The monoisotopic (exact) mass is 689 g/mol. The first-order valence-corrected chi connectivity index (χ1v) is 18.4. The highest BCUT2D eigenvalue weighted by Crippen LogP contribution is 2.43. The number of fused-ring (bicyclic) bond motifs is 5. The van der Waals surface area contributed by atoms with Crippen LogP contribution in [-0.4, -0.2) is 0 Å². The van der Waals surface area contributed by atoms with Crippen molar-refractivity contribution in [2.45, 2.75) is 0 Å². The van der Waals surface area contributed by atoms with Crippen LogP contribution in [0.2, 0.25) is 0 Å². The Morgan fingerprint density at radius 2 is 0.778 bits per heavy atom. The molecular weight excluding hydrogens is 655 g/mol. The summed E-state index contributed by atoms with van der Waals surface area (Å²) in [5.74, 6) is 0. The Balaban J connectivity index is 1.11. The van der Waals surface area contributed by atoms with E-state index in [-0.39, 0.29) is 0 Å². The summed E-state index contributed by atoms with van der Waals surface area (Å²) in [4.78, 5) is 2.35.